The Labute approximate surface area is 202 Å². The Morgan fingerprint density at radius 3 is 2.47 bits per heavy atom. The predicted octanol–water partition coefficient (Wildman–Crippen LogP) is 5.02. The van der Waals surface area contributed by atoms with Crippen LogP contribution in [0.25, 0.3) is 6.08 Å². The number of amides is 2. The van der Waals surface area contributed by atoms with Crippen molar-refractivity contribution in [2.75, 3.05) is 6.61 Å². The number of carbonyl (C=O) groups is 3. The molecule has 178 valence electrons. The first-order valence-corrected chi connectivity index (χ1v) is 11.9. The Balaban J connectivity index is 1.46. The molecule has 2 aliphatic rings. The van der Waals surface area contributed by atoms with Crippen LogP contribution in [-0.2, 0) is 16.0 Å². The number of nitrogens with one attached hydrogen (secondary N) is 1. The molecule has 1 saturated heterocycles. The average Bonchev–Trinajstić information content (AvgIpc) is 3.11. The van der Waals surface area contributed by atoms with Gasteiger partial charge in [0.1, 0.15) is 29.5 Å². The topological polar surface area (TPSA) is 90.9 Å². The first-order valence-electron chi connectivity index (χ1n) is 11.0. The van der Waals surface area contributed by atoms with Gasteiger partial charge in [0, 0.05) is 12.5 Å². The van der Waals surface area contributed by atoms with Crippen LogP contribution in [0.3, 0.4) is 0 Å². The fraction of sp³-hybridized carbons (Fsp3) is 0.346. The third-order valence-corrected chi connectivity index (χ3v) is 6.98. The smallest absolute Gasteiger partial charge is 0.308 e. The van der Waals surface area contributed by atoms with E-state index in [2.05, 4.69) is 5.32 Å². The molecule has 34 heavy (non-hydrogen) atoms. The van der Waals surface area contributed by atoms with Gasteiger partial charge in [-0.15, -0.1) is 0 Å². The van der Waals surface area contributed by atoms with Gasteiger partial charge >= 0.3 is 5.97 Å². The maximum atomic E-state index is 11.7. The van der Waals surface area contributed by atoms with Crippen molar-refractivity contribution in [2.45, 2.75) is 53.1 Å². The number of fused-ring (bicyclic) bond motifs is 1. The zero-order valence-corrected chi connectivity index (χ0v) is 20.7. The van der Waals surface area contributed by atoms with E-state index in [9.17, 15) is 14.4 Å². The minimum atomic E-state index is -0.515. The van der Waals surface area contributed by atoms with Crippen molar-refractivity contribution in [1.29, 1.82) is 0 Å². The van der Waals surface area contributed by atoms with E-state index in [0.717, 1.165) is 58.2 Å². The van der Waals surface area contributed by atoms with Crippen LogP contribution in [0.5, 0.6) is 17.2 Å². The van der Waals surface area contributed by atoms with E-state index in [0.29, 0.717) is 23.0 Å². The molecule has 7 nitrogen and oxygen atoms in total. The van der Waals surface area contributed by atoms with Gasteiger partial charge in [0.2, 0.25) is 0 Å². The van der Waals surface area contributed by atoms with Crippen LogP contribution in [0.2, 0.25) is 0 Å². The molecule has 2 aromatic carbocycles. The van der Waals surface area contributed by atoms with Crippen molar-refractivity contribution >= 4 is 35.0 Å². The van der Waals surface area contributed by atoms with Crippen LogP contribution in [0.1, 0.15) is 48.1 Å². The van der Waals surface area contributed by atoms with Gasteiger partial charge in [-0.25, -0.2) is 0 Å². The fourth-order valence-corrected chi connectivity index (χ4v) is 4.83. The number of carbonyl (C=O) groups excluding carboxylic acids is 3. The third-order valence-electron chi connectivity index (χ3n) is 6.17. The van der Waals surface area contributed by atoms with Crippen molar-refractivity contribution < 1.29 is 28.6 Å². The van der Waals surface area contributed by atoms with Crippen LogP contribution in [0.4, 0.5) is 4.79 Å². The van der Waals surface area contributed by atoms with Crippen molar-refractivity contribution in [2.24, 2.45) is 0 Å². The molecule has 4 rings (SSSR count). The number of ether oxygens (including phenoxy) is 3. The van der Waals surface area contributed by atoms with Gasteiger partial charge in [0.15, 0.2) is 0 Å². The second kappa shape index (κ2) is 9.18. The van der Waals surface area contributed by atoms with Crippen LogP contribution < -0.4 is 19.5 Å². The molecule has 0 bridgehead atoms. The normalized spacial score (nSPS) is 20.6. The number of esters is 1. The second-order valence-electron chi connectivity index (χ2n) is 8.87. The number of hydrogen-bond acceptors (Lipinski definition) is 7. The van der Waals surface area contributed by atoms with Crippen LogP contribution in [0.15, 0.2) is 29.2 Å². The quantitative estimate of drug-likeness (QED) is 0.364. The lowest BCUT2D eigenvalue weighted by molar-refractivity contribution is -0.132. The van der Waals surface area contributed by atoms with Crippen molar-refractivity contribution in [3.05, 3.63) is 57.0 Å². The Bertz CT molecular complexity index is 1220. The number of thioether (sulfide) groups is 1. The summed E-state index contributed by atoms with van der Waals surface area (Å²) in [5, 5.41) is 1.89. The number of rotatable bonds is 5. The highest BCUT2D eigenvalue weighted by atomic mass is 32.2. The van der Waals surface area contributed by atoms with Crippen molar-refractivity contribution in [3.8, 4) is 17.2 Å². The molecular formula is C26H27NO6S. The minimum Gasteiger partial charge on any atom is -0.489 e. The summed E-state index contributed by atoms with van der Waals surface area (Å²) < 4.78 is 18.0. The molecule has 0 aliphatic carbocycles. The molecule has 1 fully saturated rings. The molecule has 2 heterocycles. The average molecular weight is 482 g/mol. The van der Waals surface area contributed by atoms with Gasteiger partial charge in [-0.3, -0.25) is 19.7 Å². The number of benzene rings is 2. The predicted molar refractivity (Wildman–Crippen MR) is 130 cm³/mol. The van der Waals surface area contributed by atoms with Crippen LogP contribution in [0, 0.1) is 20.8 Å². The molecule has 0 radical (unpaired) electrons. The molecule has 2 amide bonds. The molecule has 8 heteroatoms. The first-order chi connectivity index (χ1) is 16.1. The summed E-state index contributed by atoms with van der Waals surface area (Å²) in [7, 11) is 0. The Hall–Kier alpha value is -3.26. The molecule has 0 aromatic heterocycles. The molecule has 2 aromatic rings. The molecule has 1 N–H and O–H groups in total. The lowest BCUT2D eigenvalue weighted by Gasteiger charge is -2.37. The zero-order valence-electron chi connectivity index (χ0n) is 19.9. The van der Waals surface area contributed by atoms with E-state index >= 15 is 0 Å². The van der Waals surface area contributed by atoms with Gasteiger partial charge in [-0.05, 0) is 92.8 Å². The lowest BCUT2D eigenvalue weighted by atomic mass is 9.87. The Kier molecular flexibility index (Phi) is 6.45. The molecule has 1 unspecified atom stereocenters. The highest BCUT2D eigenvalue weighted by molar-refractivity contribution is 8.18. The van der Waals surface area contributed by atoms with E-state index in [1.807, 2.05) is 52.0 Å². The SMILES string of the molecule is CC(=O)Oc1c(C)c(C)c2c(c1C)CCC(C)(COc1ccc(C=C3SC(=O)NC3=O)cc1)O2. The Morgan fingerprint density at radius 1 is 1.15 bits per heavy atom. The highest BCUT2D eigenvalue weighted by Crippen LogP contribution is 2.44. The van der Waals surface area contributed by atoms with Crippen molar-refractivity contribution in [3.63, 3.8) is 0 Å². The molecule has 0 spiro atoms. The molecular weight excluding hydrogens is 454 g/mol. The largest absolute Gasteiger partial charge is 0.489 e. The lowest BCUT2D eigenvalue weighted by Crippen LogP contribution is -2.42. The summed E-state index contributed by atoms with van der Waals surface area (Å²) in [5.74, 6) is 1.44. The van der Waals surface area contributed by atoms with Crippen molar-refractivity contribution in [1.82, 2.24) is 5.32 Å². The van der Waals surface area contributed by atoms with E-state index in [1.54, 1.807) is 6.08 Å². The monoisotopic (exact) mass is 481 g/mol. The van der Waals surface area contributed by atoms with Gasteiger partial charge < -0.3 is 14.2 Å². The minimum absolute atomic E-state index is 0.332. The Morgan fingerprint density at radius 2 is 1.85 bits per heavy atom. The maximum absolute atomic E-state index is 11.7. The summed E-state index contributed by atoms with van der Waals surface area (Å²) in [6.45, 7) is 9.69. The van der Waals surface area contributed by atoms with E-state index in [1.165, 1.54) is 6.92 Å². The third kappa shape index (κ3) is 4.82. The highest BCUT2D eigenvalue weighted by Gasteiger charge is 2.36. The van der Waals surface area contributed by atoms with Crippen LogP contribution in [-0.4, -0.2) is 29.3 Å². The summed E-state index contributed by atoms with van der Waals surface area (Å²) in [6.07, 6.45) is 3.23. The number of hydrogen-bond donors (Lipinski definition) is 1. The fourth-order valence-electron chi connectivity index (χ4n) is 4.15. The van der Waals surface area contributed by atoms with E-state index in [4.69, 9.17) is 14.2 Å². The summed E-state index contributed by atoms with van der Waals surface area (Å²) in [4.78, 5) is 34.9. The first kappa shape index (κ1) is 23.9. The van der Waals surface area contributed by atoms with Gasteiger partial charge in [-0.2, -0.15) is 0 Å². The zero-order chi connectivity index (χ0) is 24.6. The summed E-state index contributed by atoms with van der Waals surface area (Å²) in [5.41, 5.74) is 4.17. The van der Waals surface area contributed by atoms with Crippen LogP contribution >= 0.6 is 11.8 Å². The summed E-state index contributed by atoms with van der Waals surface area (Å²) >= 11 is 0.891. The maximum Gasteiger partial charge on any atom is 0.308 e. The number of imide groups is 1. The van der Waals surface area contributed by atoms with Gasteiger partial charge in [0.25, 0.3) is 11.1 Å². The molecule has 2 aliphatic heterocycles. The molecule has 0 saturated carbocycles. The standard InChI is InChI=1S/C26H27NO6S/c1-14-15(2)23-20(16(3)22(14)32-17(4)28)10-11-26(5,33-23)13-31-19-8-6-18(7-9-19)12-21-24(29)27-25(30)34-21/h6-9,12H,10-11,13H2,1-5H3,(H,27,29,30). The van der Waals surface area contributed by atoms with E-state index in [-0.39, 0.29) is 17.1 Å². The summed E-state index contributed by atoms with van der Waals surface area (Å²) in [6, 6.07) is 7.34. The molecule has 1 atom stereocenters. The van der Waals surface area contributed by atoms with E-state index < -0.39 is 5.60 Å². The van der Waals surface area contributed by atoms with Gasteiger partial charge in [-0.1, -0.05) is 12.1 Å². The van der Waals surface area contributed by atoms with Gasteiger partial charge in [0.05, 0.1) is 4.91 Å². The second-order valence-corrected chi connectivity index (χ2v) is 9.88.